The van der Waals surface area contributed by atoms with Gasteiger partial charge in [0.25, 0.3) is 0 Å². The van der Waals surface area contributed by atoms with Gasteiger partial charge in [0, 0.05) is 5.69 Å². The molecule has 5 nitrogen and oxygen atoms in total. The molecule has 0 spiro atoms. The zero-order valence-electron chi connectivity index (χ0n) is 11.7. The van der Waals surface area contributed by atoms with E-state index in [4.69, 9.17) is 0 Å². The quantitative estimate of drug-likeness (QED) is 0.625. The highest BCUT2D eigenvalue weighted by atomic mass is 16.2. The largest absolute Gasteiger partial charge is 0.342 e. The summed E-state index contributed by atoms with van der Waals surface area (Å²) in [6.07, 6.45) is 0.808. The monoisotopic (exact) mass is 264 g/mol. The summed E-state index contributed by atoms with van der Waals surface area (Å²) in [6, 6.07) is 7.48. The number of carbonyl (C=O) groups is 2. The Morgan fingerprint density at radius 3 is 2.47 bits per heavy atom. The van der Waals surface area contributed by atoms with Crippen LogP contribution in [0.2, 0.25) is 0 Å². The standard InChI is InChI=1S/C14H21N3O2/c1-4-11-7-5-6-8-12(11)16-14(19)13(18)15-9-10-17(2)3/h5-8H,4,9-10H2,1-3H3,(H,15,18)(H,16,19)/p+1. The number of para-hydroxylation sites is 1. The number of benzene rings is 1. The molecule has 3 N–H and O–H groups in total. The van der Waals surface area contributed by atoms with Gasteiger partial charge in [-0.3, -0.25) is 9.59 Å². The normalized spacial score (nSPS) is 10.3. The first kappa shape index (κ1) is 15.2. The lowest BCUT2D eigenvalue weighted by Gasteiger charge is -2.10. The molecule has 0 aromatic heterocycles. The van der Waals surface area contributed by atoms with E-state index in [9.17, 15) is 9.59 Å². The maximum absolute atomic E-state index is 11.7. The number of carbonyl (C=O) groups excluding carboxylic acids is 2. The van der Waals surface area contributed by atoms with Crippen LogP contribution in [0.5, 0.6) is 0 Å². The van der Waals surface area contributed by atoms with Crippen molar-refractivity contribution in [3.8, 4) is 0 Å². The van der Waals surface area contributed by atoms with E-state index in [1.807, 2.05) is 39.2 Å². The Morgan fingerprint density at radius 1 is 1.16 bits per heavy atom. The highest BCUT2D eigenvalue weighted by Gasteiger charge is 2.14. The topological polar surface area (TPSA) is 62.6 Å². The van der Waals surface area contributed by atoms with Crippen LogP contribution in [-0.2, 0) is 16.0 Å². The van der Waals surface area contributed by atoms with Crippen LogP contribution in [0.1, 0.15) is 12.5 Å². The van der Waals surface area contributed by atoms with Crippen molar-refractivity contribution in [1.82, 2.24) is 5.32 Å². The highest BCUT2D eigenvalue weighted by Crippen LogP contribution is 2.14. The Bertz CT molecular complexity index is 444. The molecule has 1 aromatic rings. The molecule has 0 bridgehead atoms. The van der Waals surface area contributed by atoms with Gasteiger partial charge in [-0.15, -0.1) is 0 Å². The molecule has 0 radical (unpaired) electrons. The number of nitrogens with one attached hydrogen (secondary N) is 3. The second kappa shape index (κ2) is 7.53. The molecule has 0 heterocycles. The lowest BCUT2D eigenvalue weighted by Crippen LogP contribution is -3.06. The number of anilines is 1. The average molecular weight is 264 g/mol. The smallest absolute Gasteiger partial charge is 0.313 e. The fourth-order valence-corrected chi connectivity index (χ4v) is 1.64. The predicted octanol–water partition coefficient (Wildman–Crippen LogP) is -0.552. The molecule has 0 aliphatic rings. The number of amides is 2. The Labute approximate surface area is 114 Å². The molecule has 0 atom stereocenters. The zero-order valence-corrected chi connectivity index (χ0v) is 11.7. The van der Waals surface area contributed by atoms with Gasteiger partial charge in [-0.25, -0.2) is 0 Å². The van der Waals surface area contributed by atoms with Gasteiger partial charge in [0.2, 0.25) is 0 Å². The van der Waals surface area contributed by atoms with Gasteiger partial charge in [-0.2, -0.15) is 0 Å². The summed E-state index contributed by atoms with van der Waals surface area (Å²) >= 11 is 0. The van der Waals surface area contributed by atoms with E-state index in [0.29, 0.717) is 12.2 Å². The summed E-state index contributed by atoms with van der Waals surface area (Å²) < 4.78 is 0. The zero-order chi connectivity index (χ0) is 14.3. The number of quaternary nitrogens is 1. The van der Waals surface area contributed by atoms with Crippen LogP contribution in [0, 0.1) is 0 Å². The molecular weight excluding hydrogens is 242 g/mol. The molecule has 0 unspecified atom stereocenters. The third-order valence-corrected chi connectivity index (χ3v) is 2.76. The molecule has 1 rings (SSSR count). The molecule has 0 saturated carbocycles. The van der Waals surface area contributed by atoms with Gasteiger partial charge in [0.1, 0.15) is 0 Å². The van der Waals surface area contributed by atoms with Gasteiger partial charge in [-0.1, -0.05) is 25.1 Å². The van der Waals surface area contributed by atoms with Crippen molar-refractivity contribution in [2.24, 2.45) is 0 Å². The van der Waals surface area contributed by atoms with Gasteiger partial charge in [0.05, 0.1) is 27.2 Å². The minimum Gasteiger partial charge on any atom is -0.342 e. The van der Waals surface area contributed by atoms with E-state index >= 15 is 0 Å². The third-order valence-electron chi connectivity index (χ3n) is 2.76. The van der Waals surface area contributed by atoms with Crippen LogP contribution >= 0.6 is 0 Å². The molecule has 5 heteroatoms. The fourth-order valence-electron chi connectivity index (χ4n) is 1.64. The first-order valence-electron chi connectivity index (χ1n) is 6.50. The molecule has 0 aliphatic carbocycles. The number of hydrogen-bond acceptors (Lipinski definition) is 2. The van der Waals surface area contributed by atoms with Gasteiger partial charge in [-0.05, 0) is 18.1 Å². The van der Waals surface area contributed by atoms with Crippen molar-refractivity contribution in [1.29, 1.82) is 0 Å². The van der Waals surface area contributed by atoms with E-state index in [0.717, 1.165) is 18.5 Å². The van der Waals surface area contributed by atoms with Crippen molar-refractivity contribution in [3.05, 3.63) is 29.8 Å². The van der Waals surface area contributed by atoms with Crippen molar-refractivity contribution < 1.29 is 14.5 Å². The lowest BCUT2D eigenvalue weighted by molar-refractivity contribution is -0.856. The number of likely N-dealkylation sites (N-methyl/N-ethyl adjacent to an activating group) is 1. The second-order valence-electron chi connectivity index (χ2n) is 4.68. The fraction of sp³-hybridized carbons (Fsp3) is 0.429. The van der Waals surface area contributed by atoms with Gasteiger partial charge < -0.3 is 15.5 Å². The molecule has 0 aliphatic heterocycles. The summed E-state index contributed by atoms with van der Waals surface area (Å²) in [5.74, 6) is -1.21. The Morgan fingerprint density at radius 2 is 1.84 bits per heavy atom. The number of aryl methyl sites for hydroxylation is 1. The molecule has 0 saturated heterocycles. The predicted molar refractivity (Wildman–Crippen MR) is 75.1 cm³/mol. The van der Waals surface area contributed by atoms with Crippen molar-refractivity contribution >= 4 is 17.5 Å². The Kier molecular flexibility index (Phi) is 6.02. The first-order valence-corrected chi connectivity index (χ1v) is 6.50. The minimum atomic E-state index is -0.616. The van der Waals surface area contributed by atoms with E-state index in [2.05, 4.69) is 10.6 Å². The molecule has 1 aromatic carbocycles. The van der Waals surface area contributed by atoms with E-state index in [1.165, 1.54) is 4.90 Å². The van der Waals surface area contributed by atoms with Crippen LogP contribution in [-0.4, -0.2) is 39.0 Å². The molecule has 2 amide bonds. The van der Waals surface area contributed by atoms with Crippen molar-refractivity contribution in [2.45, 2.75) is 13.3 Å². The second-order valence-corrected chi connectivity index (χ2v) is 4.68. The number of rotatable bonds is 5. The Balaban J connectivity index is 2.52. The Hall–Kier alpha value is -1.88. The number of hydrogen-bond donors (Lipinski definition) is 3. The first-order chi connectivity index (χ1) is 9.04. The molecule has 104 valence electrons. The summed E-state index contributed by atoms with van der Waals surface area (Å²) in [6.45, 7) is 3.28. The lowest BCUT2D eigenvalue weighted by atomic mass is 10.1. The van der Waals surface area contributed by atoms with Crippen molar-refractivity contribution in [2.75, 3.05) is 32.5 Å². The van der Waals surface area contributed by atoms with E-state index < -0.39 is 11.8 Å². The highest BCUT2D eigenvalue weighted by molar-refractivity contribution is 6.39. The summed E-state index contributed by atoms with van der Waals surface area (Å²) in [5.41, 5.74) is 1.71. The summed E-state index contributed by atoms with van der Waals surface area (Å²) in [5, 5.41) is 5.24. The minimum absolute atomic E-state index is 0.490. The SMILES string of the molecule is CCc1ccccc1NC(=O)C(=O)NCC[NH+](C)C. The summed E-state index contributed by atoms with van der Waals surface area (Å²) in [4.78, 5) is 24.5. The van der Waals surface area contributed by atoms with Crippen LogP contribution in [0.25, 0.3) is 0 Å². The molecular formula is C14H22N3O2+. The maximum atomic E-state index is 11.7. The van der Waals surface area contributed by atoms with Crippen LogP contribution in [0.15, 0.2) is 24.3 Å². The van der Waals surface area contributed by atoms with Gasteiger partial charge >= 0.3 is 11.8 Å². The van der Waals surface area contributed by atoms with Crippen LogP contribution in [0.3, 0.4) is 0 Å². The molecule has 19 heavy (non-hydrogen) atoms. The third kappa shape index (κ3) is 5.09. The van der Waals surface area contributed by atoms with E-state index in [1.54, 1.807) is 6.07 Å². The van der Waals surface area contributed by atoms with E-state index in [-0.39, 0.29) is 0 Å². The van der Waals surface area contributed by atoms with Gasteiger partial charge in [0.15, 0.2) is 0 Å². The van der Waals surface area contributed by atoms with Crippen molar-refractivity contribution in [3.63, 3.8) is 0 Å². The molecule has 0 fully saturated rings. The average Bonchev–Trinajstić information content (AvgIpc) is 2.38. The summed E-state index contributed by atoms with van der Waals surface area (Å²) in [7, 11) is 3.98. The maximum Gasteiger partial charge on any atom is 0.313 e. The van der Waals surface area contributed by atoms with Crippen LogP contribution in [0.4, 0.5) is 5.69 Å². The van der Waals surface area contributed by atoms with Crippen LogP contribution < -0.4 is 15.5 Å².